The minimum absolute atomic E-state index is 0.00847. The number of fused-ring (bicyclic) bond motifs is 1. The largest absolute Gasteiger partial charge is 0.511 e. The molecule has 0 aromatic rings. The molecule has 0 aromatic heterocycles. The lowest BCUT2D eigenvalue weighted by Gasteiger charge is -2.15. The zero-order chi connectivity index (χ0) is 9.42. The minimum Gasteiger partial charge on any atom is -0.511 e. The fraction of sp³-hybridized carbons (Fsp3) is 0.333. The predicted molar refractivity (Wildman–Crippen MR) is 46.8 cm³/mol. The maximum atomic E-state index is 10.6. The number of hydrogen-bond donors (Lipinski definition) is 2. The van der Waals surface area contributed by atoms with Crippen LogP contribution in [0.3, 0.4) is 0 Å². The van der Waals surface area contributed by atoms with Crippen molar-refractivity contribution in [3.63, 3.8) is 0 Å². The second-order valence-corrected chi connectivity index (χ2v) is 3.09. The average molecular weight is 179 g/mol. The second-order valence-electron chi connectivity index (χ2n) is 3.09. The highest BCUT2D eigenvalue weighted by Crippen LogP contribution is 2.28. The summed E-state index contributed by atoms with van der Waals surface area (Å²) in [6, 6.07) is 0. The highest BCUT2D eigenvalue weighted by molar-refractivity contribution is 6.05. The number of carboxylic acids is 1. The van der Waals surface area contributed by atoms with Crippen LogP contribution in [0.4, 0.5) is 0 Å². The number of rotatable bonds is 1. The molecule has 4 nitrogen and oxygen atoms in total. The fourth-order valence-corrected chi connectivity index (χ4v) is 1.65. The predicted octanol–water partition coefficient (Wildman–Crippen LogP) is 0.914. The molecule has 4 heteroatoms. The van der Waals surface area contributed by atoms with Crippen LogP contribution in [0, 0.1) is 5.92 Å². The van der Waals surface area contributed by atoms with E-state index in [0.29, 0.717) is 13.0 Å². The first-order chi connectivity index (χ1) is 6.20. The van der Waals surface area contributed by atoms with Gasteiger partial charge in [-0.15, -0.1) is 0 Å². The molecule has 0 saturated carbocycles. The van der Waals surface area contributed by atoms with Gasteiger partial charge < -0.3 is 10.2 Å². The van der Waals surface area contributed by atoms with Crippen molar-refractivity contribution < 1.29 is 15.0 Å². The van der Waals surface area contributed by atoms with Gasteiger partial charge in [0, 0.05) is 12.3 Å². The van der Waals surface area contributed by atoms with Gasteiger partial charge in [-0.25, -0.2) is 4.79 Å². The van der Waals surface area contributed by atoms with E-state index < -0.39 is 5.97 Å². The third kappa shape index (κ3) is 1.14. The molecule has 0 radical (unpaired) electrons. The van der Waals surface area contributed by atoms with Crippen molar-refractivity contribution >= 4 is 11.7 Å². The van der Waals surface area contributed by atoms with Gasteiger partial charge in [0.1, 0.15) is 5.76 Å². The number of allylic oxidation sites excluding steroid dienone is 2. The summed E-state index contributed by atoms with van der Waals surface area (Å²) in [5.41, 5.74) is 0.786. The Kier molecular flexibility index (Phi) is 1.69. The van der Waals surface area contributed by atoms with Crippen molar-refractivity contribution in [3.8, 4) is 0 Å². The lowest BCUT2D eigenvalue weighted by molar-refractivity contribution is -0.132. The van der Waals surface area contributed by atoms with E-state index in [9.17, 15) is 9.90 Å². The Morgan fingerprint density at radius 1 is 1.54 bits per heavy atom. The van der Waals surface area contributed by atoms with E-state index in [-0.39, 0.29) is 17.3 Å². The van der Waals surface area contributed by atoms with Crippen molar-refractivity contribution in [2.45, 2.75) is 6.42 Å². The first-order valence-corrected chi connectivity index (χ1v) is 4.09. The summed E-state index contributed by atoms with van der Waals surface area (Å²) in [4.78, 5) is 14.8. The molecule has 1 atom stereocenters. The average Bonchev–Trinajstić information content (AvgIpc) is 2.52. The van der Waals surface area contributed by atoms with Gasteiger partial charge in [-0.3, -0.25) is 4.99 Å². The number of carboxylic acid groups (broad SMARTS) is 1. The Morgan fingerprint density at radius 3 is 3.00 bits per heavy atom. The Labute approximate surface area is 74.9 Å². The molecule has 2 rings (SSSR count). The van der Waals surface area contributed by atoms with Crippen LogP contribution in [0.25, 0.3) is 0 Å². The number of aliphatic hydroxyl groups excluding tert-OH is 1. The van der Waals surface area contributed by atoms with Crippen molar-refractivity contribution in [1.82, 2.24) is 0 Å². The van der Waals surface area contributed by atoms with Crippen LogP contribution in [0.15, 0.2) is 28.5 Å². The highest BCUT2D eigenvalue weighted by atomic mass is 16.4. The van der Waals surface area contributed by atoms with Crippen molar-refractivity contribution in [1.29, 1.82) is 0 Å². The Morgan fingerprint density at radius 2 is 2.31 bits per heavy atom. The summed E-state index contributed by atoms with van der Waals surface area (Å²) in [6.07, 6.45) is 3.78. The van der Waals surface area contributed by atoms with Crippen LogP contribution < -0.4 is 0 Å². The maximum absolute atomic E-state index is 10.6. The van der Waals surface area contributed by atoms with Crippen LogP contribution in [0.5, 0.6) is 0 Å². The first-order valence-electron chi connectivity index (χ1n) is 4.09. The SMILES string of the molecule is O=C(O)C1=C(O)C2CCN=C2C=C1. The summed E-state index contributed by atoms with van der Waals surface area (Å²) < 4.78 is 0. The molecular weight excluding hydrogens is 170 g/mol. The van der Waals surface area contributed by atoms with Gasteiger partial charge >= 0.3 is 5.97 Å². The molecule has 0 amide bonds. The van der Waals surface area contributed by atoms with Gasteiger partial charge in [0.2, 0.25) is 0 Å². The number of aliphatic hydroxyl groups is 1. The second kappa shape index (κ2) is 2.73. The number of nitrogens with zero attached hydrogens (tertiary/aromatic N) is 1. The van der Waals surface area contributed by atoms with Gasteiger partial charge in [0.25, 0.3) is 0 Å². The van der Waals surface area contributed by atoms with Crippen molar-refractivity contribution in [3.05, 3.63) is 23.5 Å². The molecule has 1 unspecified atom stereocenters. The molecule has 1 aliphatic heterocycles. The smallest absolute Gasteiger partial charge is 0.339 e. The molecule has 68 valence electrons. The summed E-state index contributed by atoms with van der Waals surface area (Å²) in [6.45, 7) is 0.668. The molecule has 1 aliphatic carbocycles. The van der Waals surface area contributed by atoms with Crippen molar-refractivity contribution in [2.24, 2.45) is 10.9 Å². The number of hydrogen-bond acceptors (Lipinski definition) is 3. The molecule has 0 bridgehead atoms. The van der Waals surface area contributed by atoms with Gasteiger partial charge in [-0.2, -0.15) is 0 Å². The van der Waals surface area contributed by atoms with E-state index in [0.717, 1.165) is 5.71 Å². The van der Waals surface area contributed by atoms with E-state index in [1.807, 2.05) is 0 Å². The van der Waals surface area contributed by atoms with Crippen LogP contribution in [0.1, 0.15) is 6.42 Å². The number of carbonyl (C=O) groups is 1. The molecule has 0 fully saturated rings. The van der Waals surface area contributed by atoms with Crippen LogP contribution in [0.2, 0.25) is 0 Å². The van der Waals surface area contributed by atoms with E-state index in [1.165, 1.54) is 6.08 Å². The van der Waals surface area contributed by atoms with E-state index in [1.54, 1.807) is 6.08 Å². The summed E-state index contributed by atoms with van der Waals surface area (Å²) in [5, 5.41) is 18.3. The minimum atomic E-state index is -1.08. The third-order valence-electron chi connectivity index (χ3n) is 2.33. The van der Waals surface area contributed by atoms with Gasteiger partial charge in [0.05, 0.1) is 11.5 Å². The zero-order valence-corrected chi connectivity index (χ0v) is 6.90. The number of aliphatic carboxylic acids is 1. The maximum Gasteiger partial charge on any atom is 0.339 e. The lowest BCUT2D eigenvalue weighted by Crippen LogP contribution is -2.18. The molecule has 1 heterocycles. The van der Waals surface area contributed by atoms with Crippen LogP contribution in [-0.4, -0.2) is 28.4 Å². The van der Waals surface area contributed by atoms with E-state index in [2.05, 4.69) is 4.99 Å². The fourth-order valence-electron chi connectivity index (χ4n) is 1.65. The standard InChI is InChI=1S/C9H9NO3/c11-8-5-3-4-10-7(5)2-1-6(8)9(12)13/h1-2,5,11H,3-4H2,(H,12,13). The van der Waals surface area contributed by atoms with Crippen LogP contribution >= 0.6 is 0 Å². The molecule has 0 spiro atoms. The lowest BCUT2D eigenvalue weighted by atomic mass is 9.91. The molecule has 0 aromatic carbocycles. The first kappa shape index (κ1) is 8.04. The normalized spacial score (nSPS) is 25.8. The molecule has 2 N–H and O–H groups in total. The van der Waals surface area contributed by atoms with Gasteiger partial charge in [0.15, 0.2) is 0 Å². The summed E-state index contributed by atoms with van der Waals surface area (Å²) in [7, 11) is 0. The van der Waals surface area contributed by atoms with E-state index >= 15 is 0 Å². The molecule has 13 heavy (non-hydrogen) atoms. The zero-order valence-electron chi connectivity index (χ0n) is 6.90. The van der Waals surface area contributed by atoms with Gasteiger partial charge in [-0.05, 0) is 18.6 Å². The molecule has 0 saturated heterocycles. The quantitative estimate of drug-likeness (QED) is 0.628. The van der Waals surface area contributed by atoms with Crippen LogP contribution in [-0.2, 0) is 4.79 Å². The topological polar surface area (TPSA) is 69.9 Å². The Bertz CT molecular complexity index is 352. The Hall–Kier alpha value is -1.58. The molecular formula is C9H9NO3. The van der Waals surface area contributed by atoms with E-state index in [4.69, 9.17) is 5.11 Å². The summed E-state index contributed by atoms with van der Waals surface area (Å²) >= 11 is 0. The third-order valence-corrected chi connectivity index (χ3v) is 2.33. The molecule has 2 aliphatic rings. The monoisotopic (exact) mass is 179 g/mol. The summed E-state index contributed by atoms with van der Waals surface area (Å²) in [5.74, 6) is -1.32. The Balaban J connectivity index is 2.41. The highest BCUT2D eigenvalue weighted by Gasteiger charge is 2.30. The van der Waals surface area contributed by atoms with Crippen molar-refractivity contribution in [2.75, 3.05) is 6.54 Å². The number of aliphatic imine (C=N–C) groups is 1. The van der Waals surface area contributed by atoms with Gasteiger partial charge in [-0.1, -0.05) is 0 Å².